The fraction of sp³-hybridized carbons (Fsp3) is 0.464. The molecule has 2 aliphatic heterocycles. The van der Waals surface area contributed by atoms with Crippen molar-refractivity contribution in [3.8, 4) is 0 Å². The third-order valence-electron chi connectivity index (χ3n) is 7.89. The molecule has 2 aromatic carbocycles. The normalized spacial score (nSPS) is 20.4. The van der Waals surface area contributed by atoms with E-state index in [1.807, 2.05) is 0 Å². The number of likely N-dealkylation sites (N-methyl/N-ethyl adjacent to an activating group) is 1. The minimum atomic E-state index is -4.71. The van der Waals surface area contributed by atoms with Crippen molar-refractivity contribution in [2.45, 2.75) is 44.3 Å². The van der Waals surface area contributed by atoms with Crippen LogP contribution in [0.5, 0.6) is 0 Å². The topological polar surface area (TPSA) is 60.9 Å². The van der Waals surface area contributed by atoms with E-state index in [1.165, 1.54) is 17.9 Å². The van der Waals surface area contributed by atoms with Gasteiger partial charge >= 0.3 is 6.18 Å². The van der Waals surface area contributed by atoms with E-state index in [2.05, 4.69) is 0 Å². The molecular weight excluding hydrogens is 590 g/mol. The predicted octanol–water partition coefficient (Wildman–Crippen LogP) is 6.38. The lowest BCUT2D eigenvalue weighted by atomic mass is 9.83. The Kier molecular flexibility index (Phi) is 9.27. The van der Waals surface area contributed by atoms with Crippen LogP contribution >= 0.6 is 34.8 Å². The number of rotatable bonds is 4. The number of piperidine rings is 2. The number of hydrogen-bond acceptors (Lipinski definition) is 3. The molecule has 0 aromatic heterocycles. The van der Waals surface area contributed by atoms with Crippen molar-refractivity contribution < 1.29 is 27.6 Å². The van der Waals surface area contributed by atoms with Crippen molar-refractivity contribution in [3.63, 3.8) is 0 Å². The van der Waals surface area contributed by atoms with Crippen molar-refractivity contribution in [3.05, 3.63) is 68.2 Å². The Balaban J connectivity index is 1.59. The van der Waals surface area contributed by atoms with Crippen molar-refractivity contribution in [2.24, 2.45) is 5.92 Å². The summed E-state index contributed by atoms with van der Waals surface area (Å²) in [5.74, 6) is -1.19. The number of carbonyl (C=O) groups excluding carboxylic acids is 3. The van der Waals surface area contributed by atoms with Gasteiger partial charge in [-0.1, -0.05) is 40.9 Å². The molecule has 2 saturated heterocycles. The van der Waals surface area contributed by atoms with Crippen LogP contribution in [0.1, 0.15) is 53.6 Å². The first-order chi connectivity index (χ1) is 18.8. The second-order valence-electron chi connectivity index (χ2n) is 10.3. The lowest BCUT2D eigenvalue weighted by molar-refractivity contribution is -0.141. The molecular formula is C28H29Cl3F3N3O3. The van der Waals surface area contributed by atoms with E-state index in [9.17, 15) is 27.6 Å². The number of hydrogen-bond donors (Lipinski definition) is 0. The van der Waals surface area contributed by atoms with E-state index >= 15 is 0 Å². The number of nitrogens with zero attached hydrogens (tertiary/aromatic N) is 3. The van der Waals surface area contributed by atoms with E-state index in [4.69, 9.17) is 34.8 Å². The van der Waals surface area contributed by atoms with Crippen LogP contribution in [-0.2, 0) is 15.8 Å². The highest BCUT2D eigenvalue weighted by molar-refractivity contribution is 6.42. The Bertz CT molecular complexity index is 1300. The standard InChI is InChI=1S/C28H29Cl3F3N3O3/c1-16(38)36-10-7-17(8-11-36)27(40)37-12-9-25(20(15-37)18-3-6-23(30)24(31)14-18)35(2)26(39)19-4-5-22(29)21(13-19)28(32,33)34/h3-6,13-14,17,20,25H,7-12,15H2,1-2H3/t20-,25+/m0/s1. The minimum absolute atomic E-state index is 0.00628. The van der Waals surface area contributed by atoms with Gasteiger partial charge < -0.3 is 14.7 Å². The minimum Gasteiger partial charge on any atom is -0.343 e. The average Bonchev–Trinajstić information content (AvgIpc) is 2.92. The van der Waals surface area contributed by atoms with Crippen molar-refractivity contribution in [2.75, 3.05) is 33.2 Å². The van der Waals surface area contributed by atoms with Crippen molar-refractivity contribution in [1.29, 1.82) is 0 Å². The first-order valence-electron chi connectivity index (χ1n) is 12.9. The van der Waals surface area contributed by atoms with E-state index in [0.717, 1.165) is 17.7 Å². The number of alkyl halides is 3. The van der Waals surface area contributed by atoms with Gasteiger partial charge in [0, 0.05) is 63.6 Å². The molecule has 2 heterocycles. The van der Waals surface area contributed by atoms with Crippen LogP contribution in [-0.4, -0.2) is 71.7 Å². The summed E-state index contributed by atoms with van der Waals surface area (Å²) in [6.45, 7) is 3.23. The summed E-state index contributed by atoms with van der Waals surface area (Å²) in [5.41, 5.74) is -0.455. The van der Waals surface area contributed by atoms with Crippen LogP contribution in [0.2, 0.25) is 15.1 Å². The summed E-state index contributed by atoms with van der Waals surface area (Å²) in [6, 6.07) is 7.80. The van der Waals surface area contributed by atoms with Crippen LogP contribution in [0.4, 0.5) is 13.2 Å². The highest BCUT2D eigenvalue weighted by Crippen LogP contribution is 2.38. The lowest BCUT2D eigenvalue weighted by Gasteiger charge is -2.44. The quantitative estimate of drug-likeness (QED) is 0.400. The second kappa shape index (κ2) is 12.2. The van der Waals surface area contributed by atoms with Gasteiger partial charge in [-0.25, -0.2) is 0 Å². The Morgan fingerprint density at radius 1 is 0.875 bits per heavy atom. The van der Waals surface area contributed by atoms with Gasteiger partial charge in [-0.2, -0.15) is 13.2 Å². The number of amides is 3. The van der Waals surface area contributed by atoms with Crippen molar-refractivity contribution in [1.82, 2.24) is 14.7 Å². The molecule has 2 aliphatic rings. The third-order valence-corrected chi connectivity index (χ3v) is 8.95. The van der Waals surface area contributed by atoms with E-state index < -0.39 is 28.7 Å². The molecule has 0 spiro atoms. The molecule has 216 valence electrons. The fourth-order valence-electron chi connectivity index (χ4n) is 5.60. The molecule has 2 fully saturated rings. The molecule has 0 saturated carbocycles. The Hall–Kier alpha value is -2.49. The fourth-order valence-corrected chi connectivity index (χ4v) is 6.13. The SMILES string of the molecule is CC(=O)N1CCC(C(=O)N2CC[C@@H](N(C)C(=O)c3ccc(Cl)c(C(F)(F)F)c3)[C@H](c3ccc(Cl)c(Cl)c3)C2)CC1. The Labute approximate surface area is 245 Å². The largest absolute Gasteiger partial charge is 0.417 e. The van der Waals surface area contributed by atoms with Crippen LogP contribution in [0.15, 0.2) is 36.4 Å². The predicted molar refractivity (Wildman–Crippen MR) is 148 cm³/mol. The summed E-state index contributed by atoms with van der Waals surface area (Å²) >= 11 is 18.2. The molecule has 40 heavy (non-hydrogen) atoms. The number of likely N-dealkylation sites (tertiary alicyclic amines) is 2. The smallest absolute Gasteiger partial charge is 0.343 e. The summed E-state index contributed by atoms with van der Waals surface area (Å²) in [4.78, 5) is 43.6. The maximum Gasteiger partial charge on any atom is 0.417 e. The highest BCUT2D eigenvalue weighted by atomic mass is 35.5. The number of halogens is 6. The summed E-state index contributed by atoms with van der Waals surface area (Å²) < 4.78 is 40.3. The van der Waals surface area contributed by atoms with E-state index in [0.29, 0.717) is 55.5 Å². The maximum atomic E-state index is 13.5. The third kappa shape index (κ3) is 6.52. The first-order valence-corrected chi connectivity index (χ1v) is 14.0. The van der Waals surface area contributed by atoms with Gasteiger partial charge in [0.1, 0.15) is 0 Å². The zero-order valence-corrected chi connectivity index (χ0v) is 24.2. The molecule has 4 rings (SSSR count). The zero-order valence-electron chi connectivity index (χ0n) is 22.0. The van der Waals surface area contributed by atoms with Gasteiger partial charge in [-0.15, -0.1) is 0 Å². The Morgan fingerprint density at radius 3 is 2.10 bits per heavy atom. The molecule has 2 aromatic rings. The summed E-state index contributed by atoms with van der Waals surface area (Å²) in [6.07, 6.45) is -3.15. The Morgan fingerprint density at radius 2 is 1.50 bits per heavy atom. The van der Waals surface area contributed by atoms with Gasteiger partial charge in [-0.3, -0.25) is 14.4 Å². The molecule has 0 radical (unpaired) electrons. The molecule has 0 unspecified atom stereocenters. The zero-order chi connectivity index (χ0) is 29.4. The van der Waals surface area contributed by atoms with Gasteiger partial charge in [0.15, 0.2) is 0 Å². The number of carbonyl (C=O) groups is 3. The molecule has 12 heteroatoms. The second-order valence-corrected chi connectivity index (χ2v) is 11.5. The van der Waals surface area contributed by atoms with Crippen LogP contribution in [0.3, 0.4) is 0 Å². The molecule has 6 nitrogen and oxygen atoms in total. The molecule has 3 amide bonds. The monoisotopic (exact) mass is 617 g/mol. The first kappa shape index (κ1) is 30.5. The van der Waals surface area contributed by atoms with E-state index in [-0.39, 0.29) is 29.2 Å². The van der Waals surface area contributed by atoms with Gasteiger partial charge in [0.05, 0.1) is 20.6 Å². The summed E-state index contributed by atoms with van der Waals surface area (Å²) in [5, 5.41) is 0.189. The maximum absolute atomic E-state index is 13.5. The van der Waals surface area contributed by atoms with Crippen molar-refractivity contribution >= 4 is 52.5 Å². The molecule has 0 bridgehead atoms. The van der Waals surface area contributed by atoms with Gasteiger partial charge in [0.2, 0.25) is 11.8 Å². The molecule has 0 N–H and O–H groups in total. The van der Waals surface area contributed by atoms with Crippen LogP contribution < -0.4 is 0 Å². The summed E-state index contributed by atoms with van der Waals surface area (Å²) in [7, 11) is 1.55. The van der Waals surface area contributed by atoms with Crippen LogP contribution in [0.25, 0.3) is 0 Å². The number of benzene rings is 2. The highest BCUT2D eigenvalue weighted by Gasteiger charge is 2.40. The van der Waals surface area contributed by atoms with E-state index in [1.54, 1.807) is 35.0 Å². The molecule has 0 aliphatic carbocycles. The lowest BCUT2D eigenvalue weighted by Crippen LogP contribution is -2.53. The van der Waals surface area contributed by atoms with Crippen LogP contribution in [0, 0.1) is 5.92 Å². The van der Waals surface area contributed by atoms with Gasteiger partial charge in [-0.05, 0) is 55.2 Å². The van der Waals surface area contributed by atoms with Gasteiger partial charge in [0.25, 0.3) is 5.91 Å². The molecule has 2 atom stereocenters. The average molecular weight is 619 g/mol.